The van der Waals surface area contributed by atoms with Crippen molar-refractivity contribution in [2.45, 2.75) is 40.0 Å². The van der Waals surface area contributed by atoms with Crippen molar-refractivity contribution in [3.63, 3.8) is 0 Å². The molecule has 1 amide bonds. The van der Waals surface area contributed by atoms with Crippen molar-refractivity contribution in [2.24, 2.45) is 0 Å². The van der Waals surface area contributed by atoms with E-state index in [4.69, 9.17) is 0 Å². The van der Waals surface area contributed by atoms with Crippen LogP contribution in [0.15, 0.2) is 30.6 Å². The molecule has 2 N–H and O–H groups in total. The Hall–Kier alpha value is -2.43. The first-order valence-electron chi connectivity index (χ1n) is 8.04. The highest BCUT2D eigenvalue weighted by molar-refractivity contribution is 6.03. The van der Waals surface area contributed by atoms with Crippen LogP contribution in [0.25, 0.3) is 0 Å². The van der Waals surface area contributed by atoms with Crippen LogP contribution in [0.4, 0.5) is 11.5 Å². The molecule has 1 aromatic carbocycles. The third-order valence-corrected chi connectivity index (χ3v) is 3.62. The minimum atomic E-state index is -0.226. The highest BCUT2D eigenvalue weighted by atomic mass is 16.1. The molecule has 0 aliphatic heterocycles. The van der Waals surface area contributed by atoms with Crippen LogP contribution in [0, 0.1) is 13.8 Å². The number of carbonyl (C=O) groups excluding carboxylic acids is 1. The number of hydrogen-bond acceptors (Lipinski definition) is 4. The topological polar surface area (TPSA) is 66.9 Å². The van der Waals surface area contributed by atoms with Gasteiger partial charge in [0.05, 0.1) is 0 Å². The quantitative estimate of drug-likeness (QED) is 0.760. The zero-order valence-corrected chi connectivity index (χ0v) is 14.0. The van der Waals surface area contributed by atoms with E-state index in [-0.39, 0.29) is 5.91 Å². The summed E-state index contributed by atoms with van der Waals surface area (Å²) in [6.45, 7) is 7.02. The van der Waals surface area contributed by atoms with E-state index in [1.165, 1.54) is 24.7 Å². The largest absolute Gasteiger partial charge is 0.370 e. The van der Waals surface area contributed by atoms with E-state index in [1.54, 1.807) is 6.07 Å². The molecule has 23 heavy (non-hydrogen) atoms. The standard InChI is InChI=1S/C18H24N4O/c1-4-5-6-9-19-17-11-16(20-12-21-17)18(23)22-15-8-7-13(2)10-14(15)3/h7-8,10-12H,4-6,9H2,1-3H3,(H,22,23)(H,19,20,21). The van der Waals surface area contributed by atoms with Crippen LogP contribution in [-0.2, 0) is 0 Å². The lowest BCUT2D eigenvalue weighted by Gasteiger charge is -2.10. The maximum absolute atomic E-state index is 12.4. The summed E-state index contributed by atoms with van der Waals surface area (Å²) >= 11 is 0. The van der Waals surface area contributed by atoms with E-state index in [0.29, 0.717) is 11.5 Å². The number of nitrogens with zero attached hydrogens (tertiary/aromatic N) is 2. The highest BCUT2D eigenvalue weighted by Crippen LogP contribution is 2.17. The summed E-state index contributed by atoms with van der Waals surface area (Å²) in [6, 6.07) is 7.61. The fraction of sp³-hybridized carbons (Fsp3) is 0.389. The first-order chi connectivity index (χ1) is 11.1. The number of unbranched alkanes of at least 4 members (excludes halogenated alkanes) is 2. The SMILES string of the molecule is CCCCCNc1cc(C(=O)Nc2ccc(C)cc2C)ncn1. The number of benzene rings is 1. The molecule has 122 valence electrons. The summed E-state index contributed by atoms with van der Waals surface area (Å²) in [7, 11) is 0. The molecule has 0 saturated carbocycles. The van der Waals surface area contributed by atoms with Gasteiger partial charge in [-0.15, -0.1) is 0 Å². The highest BCUT2D eigenvalue weighted by Gasteiger charge is 2.10. The zero-order chi connectivity index (χ0) is 16.7. The molecule has 0 fully saturated rings. The molecule has 1 aromatic heterocycles. The van der Waals surface area contributed by atoms with Crippen LogP contribution in [0.2, 0.25) is 0 Å². The van der Waals surface area contributed by atoms with Gasteiger partial charge in [0.25, 0.3) is 5.91 Å². The van der Waals surface area contributed by atoms with Crippen molar-refractivity contribution in [1.29, 1.82) is 0 Å². The van der Waals surface area contributed by atoms with Crippen LogP contribution in [0.1, 0.15) is 47.8 Å². The molecule has 0 bridgehead atoms. The number of carbonyl (C=O) groups is 1. The molecular weight excluding hydrogens is 288 g/mol. The molecule has 2 aromatic rings. The Labute approximate surface area is 137 Å². The van der Waals surface area contributed by atoms with Crippen LogP contribution in [0.5, 0.6) is 0 Å². The number of nitrogens with one attached hydrogen (secondary N) is 2. The van der Waals surface area contributed by atoms with Crippen molar-refractivity contribution < 1.29 is 4.79 Å². The van der Waals surface area contributed by atoms with E-state index in [1.807, 2.05) is 32.0 Å². The fourth-order valence-corrected chi connectivity index (χ4v) is 2.31. The van der Waals surface area contributed by atoms with Gasteiger partial charge in [0.15, 0.2) is 0 Å². The van der Waals surface area contributed by atoms with Crippen molar-refractivity contribution in [2.75, 3.05) is 17.2 Å². The normalized spacial score (nSPS) is 10.4. The molecule has 1 heterocycles. The average molecular weight is 312 g/mol. The van der Waals surface area contributed by atoms with E-state index in [0.717, 1.165) is 24.2 Å². The lowest BCUT2D eigenvalue weighted by atomic mass is 10.1. The van der Waals surface area contributed by atoms with Gasteiger partial charge in [-0.3, -0.25) is 4.79 Å². The lowest BCUT2D eigenvalue weighted by molar-refractivity contribution is 0.102. The van der Waals surface area contributed by atoms with Crippen molar-refractivity contribution in [1.82, 2.24) is 9.97 Å². The third-order valence-electron chi connectivity index (χ3n) is 3.62. The summed E-state index contributed by atoms with van der Waals surface area (Å²) in [5.74, 6) is 0.456. The monoisotopic (exact) mass is 312 g/mol. The van der Waals surface area contributed by atoms with Gasteiger partial charge in [0.1, 0.15) is 17.8 Å². The van der Waals surface area contributed by atoms with Gasteiger partial charge >= 0.3 is 0 Å². The van der Waals surface area contributed by atoms with Crippen molar-refractivity contribution in [3.05, 3.63) is 47.4 Å². The van der Waals surface area contributed by atoms with Gasteiger partial charge in [-0.05, 0) is 31.9 Å². The number of aromatic nitrogens is 2. The Morgan fingerprint density at radius 1 is 1.13 bits per heavy atom. The first kappa shape index (κ1) is 16.9. The van der Waals surface area contributed by atoms with Gasteiger partial charge in [0.2, 0.25) is 0 Å². The summed E-state index contributed by atoms with van der Waals surface area (Å²) in [4.78, 5) is 20.6. The second-order valence-electron chi connectivity index (χ2n) is 5.69. The van der Waals surface area contributed by atoms with Crippen LogP contribution >= 0.6 is 0 Å². The Bertz CT molecular complexity index is 670. The molecule has 0 atom stereocenters. The minimum Gasteiger partial charge on any atom is -0.370 e. The zero-order valence-electron chi connectivity index (χ0n) is 14.0. The Morgan fingerprint density at radius 3 is 2.70 bits per heavy atom. The lowest BCUT2D eigenvalue weighted by Crippen LogP contribution is -2.15. The molecule has 0 radical (unpaired) electrons. The van der Waals surface area contributed by atoms with Gasteiger partial charge in [-0.25, -0.2) is 9.97 Å². The average Bonchev–Trinajstić information content (AvgIpc) is 2.54. The second-order valence-corrected chi connectivity index (χ2v) is 5.69. The molecular formula is C18H24N4O. The Morgan fingerprint density at radius 2 is 1.96 bits per heavy atom. The third kappa shape index (κ3) is 5.06. The van der Waals surface area contributed by atoms with Crippen LogP contribution in [-0.4, -0.2) is 22.4 Å². The molecule has 0 unspecified atom stereocenters. The molecule has 0 aliphatic carbocycles. The van der Waals surface area contributed by atoms with E-state index in [2.05, 4.69) is 27.5 Å². The van der Waals surface area contributed by atoms with Gasteiger partial charge in [-0.1, -0.05) is 37.5 Å². The molecule has 0 spiro atoms. The first-order valence-corrected chi connectivity index (χ1v) is 8.04. The molecule has 0 aliphatic rings. The number of rotatable bonds is 7. The Balaban J connectivity index is 2.01. The summed E-state index contributed by atoms with van der Waals surface area (Å²) in [5.41, 5.74) is 3.36. The molecule has 0 saturated heterocycles. The predicted molar refractivity (Wildman–Crippen MR) is 93.9 cm³/mol. The summed E-state index contributed by atoms with van der Waals surface area (Å²) in [5, 5.41) is 6.13. The van der Waals surface area contributed by atoms with Crippen molar-refractivity contribution >= 4 is 17.4 Å². The van der Waals surface area contributed by atoms with Crippen LogP contribution in [0.3, 0.4) is 0 Å². The van der Waals surface area contributed by atoms with Gasteiger partial charge in [-0.2, -0.15) is 0 Å². The number of amides is 1. The summed E-state index contributed by atoms with van der Waals surface area (Å²) in [6.07, 6.45) is 4.86. The van der Waals surface area contributed by atoms with E-state index in [9.17, 15) is 4.79 Å². The fourth-order valence-electron chi connectivity index (χ4n) is 2.31. The number of anilines is 2. The predicted octanol–water partition coefficient (Wildman–Crippen LogP) is 3.95. The number of hydrogen-bond donors (Lipinski definition) is 2. The molecule has 5 heteroatoms. The smallest absolute Gasteiger partial charge is 0.274 e. The van der Waals surface area contributed by atoms with Gasteiger partial charge < -0.3 is 10.6 Å². The van der Waals surface area contributed by atoms with Crippen molar-refractivity contribution in [3.8, 4) is 0 Å². The van der Waals surface area contributed by atoms with E-state index >= 15 is 0 Å². The van der Waals surface area contributed by atoms with Crippen LogP contribution < -0.4 is 10.6 Å². The number of aryl methyl sites for hydroxylation is 2. The maximum atomic E-state index is 12.4. The second kappa shape index (κ2) is 8.27. The maximum Gasteiger partial charge on any atom is 0.274 e. The van der Waals surface area contributed by atoms with E-state index < -0.39 is 0 Å². The Kier molecular flexibility index (Phi) is 6.09. The molecule has 5 nitrogen and oxygen atoms in total. The minimum absolute atomic E-state index is 0.226. The molecule has 2 rings (SSSR count). The summed E-state index contributed by atoms with van der Waals surface area (Å²) < 4.78 is 0. The van der Waals surface area contributed by atoms with Gasteiger partial charge in [0, 0.05) is 18.3 Å².